The highest BCUT2D eigenvalue weighted by Gasteiger charge is 2.26. The van der Waals surface area contributed by atoms with Gasteiger partial charge < -0.3 is 29.0 Å². The van der Waals surface area contributed by atoms with Crippen molar-refractivity contribution in [3.05, 3.63) is 68.9 Å². The number of hydrogen-bond donors (Lipinski definition) is 1. The van der Waals surface area contributed by atoms with E-state index in [-0.39, 0.29) is 23.9 Å². The minimum Gasteiger partial charge on any atom is -0.440 e. The summed E-state index contributed by atoms with van der Waals surface area (Å²) in [7, 11) is 0. The molecule has 0 saturated carbocycles. The Morgan fingerprint density at radius 1 is 0.974 bits per heavy atom. The molecule has 4 heterocycles. The monoisotopic (exact) mass is 525 g/mol. The Kier molecular flexibility index (Phi) is 6.75. The summed E-state index contributed by atoms with van der Waals surface area (Å²) in [6.07, 6.45) is 1.88. The number of amides is 1. The van der Waals surface area contributed by atoms with Crippen molar-refractivity contribution in [2.45, 2.75) is 31.8 Å². The molecule has 0 bridgehead atoms. The fourth-order valence-corrected chi connectivity index (χ4v) is 5.47. The van der Waals surface area contributed by atoms with Crippen LogP contribution < -0.4 is 20.5 Å². The van der Waals surface area contributed by atoms with E-state index < -0.39 is 11.6 Å². The van der Waals surface area contributed by atoms with Crippen LogP contribution in [0.1, 0.15) is 34.3 Å². The maximum Gasteiger partial charge on any atom is 0.251 e. The van der Waals surface area contributed by atoms with Crippen molar-refractivity contribution in [1.82, 2.24) is 5.32 Å². The van der Waals surface area contributed by atoms with Gasteiger partial charge in [-0.15, -0.1) is 0 Å². The quantitative estimate of drug-likeness (QED) is 0.547. The zero-order valence-electron chi connectivity index (χ0n) is 20.9. The summed E-state index contributed by atoms with van der Waals surface area (Å²) in [5.74, 6) is -1.07. The predicted molar refractivity (Wildman–Crippen MR) is 138 cm³/mol. The number of fused-ring (bicyclic) bond motifs is 2. The highest BCUT2D eigenvalue weighted by Crippen LogP contribution is 2.34. The number of halogens is 2. The SMILES string of the molecule is O=C(NC1CCOCC1)c1cc(CN2CCc3c(F)cc(F)cc32)c2oc(N3CCOCC3)cc(=O)c2c1. The summed E-state index contributed by atoms with van der Waals surface area (Å²) in [5.41, 5.74) is 1.99. The summed E-state index contributed by atoms with van der Waals surface area (Å²) in [6.45, 7) is 4.11. The van der Waals surface area contributed by atoms with Crippen molar-refractivity contribution >= 4 is 28.4 Å². The number of benzene rings is 2. The highest BCUT2D eigenvalue weighted by atomic mass is 19.1. The summed E-state index contributed by atoms with van der Waals surface area (Å²) >= 11 is 0. The van der Waals surface area contributed by atoms with Crippen LogP contribution in [0.2, 0.25) is 0 Å². The second-order valence-corrected chi connectivity index (χ2v) is 9.98. The lowest BCUT2D eigenvalue weighted by Gasteiger charge is -2.27. The van der Waals surface area contributed by atoms with Crippen LogP contribution in [0.3, 0.4) is 0 Å². The molecule has 0 spiro atoms. The third-order valence-electron chi connectivity index (χ3n) is 7.50. The highest BCUT2D eigenvalue weighted by molar-refractivity contribution is 5.99. The normalized spacial score (nSPS) is 18.2. The van der Waals surface area contributed by atoms with Crippen molar-refractivity contribution in [1.29, 1.82) is 0 Å². The smallest absolute Gasteiger partial charge is 0.251 e. The Morgan fingerprint density at radius 3 is 2.53 bits per heavy atom. The largest absolute Gasteiger partial charge is 0.440 e. The van der Waals surface area contributed by atoms with Gasteiger partial charge in [0.15, 0.2) is 11.3 Å². The molecule has 6 rings (SSSR count). The van der Waals surface area contributed by atoms with Gasteiger partial charge in [-0.3, -0.25) is 9.59 Å². The minimum atomic E-state index is -0.649. The molecule has 3 aromatic rings. The Labute approximate surface area is 218 Å². The van der Waals surface area contributed by atoms with Crippen molar-refractivity contribution in [3.63, 3.8) is 0 Å². The number of nitrogens with zero attached hydrogens (tertiary/aromatic N) is 2. The van der Waals surface area contributed by atoms with E-state index in [4.69, 9.17) is 13.9 Å². The molecule has 10 heteroatoms. The van der Waals surface area contributed by atoms with Crippen LogP contribution in [0.15, 0.2) is 39.5 Å². The van der Waals surface area contributed by atoms with Crippen LogP contribution in [0.5, 0.6) is 0 Å². The van der Waals surface area contributed by atoms with E-state index in [9.17, 15) is 18.4 Å². The van der Waals surface area contributed by atoms with Gasteiger partial charge in [-0.05, 0) is 37.5 Å². The van der Waals surface area contributed by atoms with E-state index in [2.05, 4.69) is 5.32 Å². The number of hydrogen-bond acceptors (Lipinski definition) is 7. The first-order valence-corrected chi connectivity index (χ1v) is 13.0. The molecular weight excluding hydrogens is 496 g/mol. The Hall–Kier alpha value is -3.50. The molecule has 3 aliphatic heterocycles. The third kappa shape index (κ3) is 4.86. The molecule has 2 fully saturated rings. The lowest BCUT2D eigenvalue weighted by molar-refractivity contribution is 0.0696. The second kappa shape index (κ2) is 10.3. The summed E-state index contributed by atoms with van der Waals surface area (Å²) in [4.78, 5) is 30.4. The number of carbonyl (C=O) groups is 1. The van der Waals surface area contributed by atoms with Crippen molar-refractivity contribution in [2.75, 3.05) is 55.9 Å². The average molecular weight is 526 g/mol. The Balaban J connectivity index is 1.41. The molecule has 2 aromatic carbocycles. The van der Waals surface area contributed by atoms with Crippen molar-refractivity contribution < 1.29 is 27.5 Å². The topological polar surface area (TPSA) is 84.2 Å². The number of anilines is 2. The van der Waals surface area contributed by atoms with Crippen molar-refractivity contribution in [2.24, 2.45) is 0 Å². The van der Waals surface area contributed by atoms with Gasteiger partial charge in [-0.1, -0.05) is 0 Å². The van der Waals surface area contributed by atoms with Gasteiger partial charge in [0.2, 0.25) is 0 Å². The Morgan fingerprint density at radius 2 is 1.74 bits per heavy atom. The van der Waals surface area contributed by atoms with E-state index in [0.29, 0.717) is 91.7 Å². The van der Waals surface area contributed by atoms with Gasteiger partial charge in [-0.25, -0.2) is 8.78 Å². The summed E-state index contributed by atoms with van der Waals surface area (Å²) < 4.78 is 45.6. The van der Waals surface area contributed by atoms with E-state index >= 15 is 0 Å². The zero-order valence-corrected chi connectivity index (χ0v) is 20.9. The predicted octanol–water partition coefficient (Wildman–Crippen LogP) is 3.38. The fraction of sp³-hybridized carbons (Fsp3) is 0.429. The molecule has 38 heavy (non-hydrogen) atoms. The first-order chi connectivity index (χ1) is 18.5. The molecular formula is C28H29F2N3O5. The fourth-order valence-electron chi connectivity index (χ4n) is 5.47. The van der Waals surface area contributed by atoms with Gasteiger partial charge in [0, 0.05) is 79.9 Å². The minimum absolute atomic E-state index is 0.00749. The lowest BCUT2D eigenvalue weighted by Crippen LogP contribution is -2.39. The standard InChI is InChI=1S/C28H29F2N3O5/c29-19-13-23(30)21-1-4-33(24(21)14-19)16-18-11-17(28(35)31-20-2-7-36-8-3-20)12-22-25(34)15-26(38-27(18)22)32-5-9-37-10-6-32/h11-15,20H,1-10,16H2,(H,31,35). The van der Waals surface area contributed by atoms with Gasteiger partial charge in [0.05, 0.1) is 18.6 Å². The van der Waals surface area contributed by atoms with Gasteiger partial charge in [0.25, 0.3) is 5.91 Å². The first-order valence-electron chi connectivity index (χ1n) is 13.0. The summed E-state index contributed by atoms with van der Waals surface area (Å²) in [6, 6.07) is 6.95. The maximum atomic E-state index is 14.4. The van der Waals surface area contributed by atoms with E-state index in [1.807, 2.05) is 9.80 Å². The maximum absolute atomic E-state index is 14.4. The molecule has 1 aromatic heterocycles. The molecule has 0 unspecified atom stereocenters. The molecule has 0 atom stereocenters. The number of ether oxygens (including phenoxy) is 2. The second-order valence-electron chi connectivity index (χ2n) is 9.98. The van der Waals surface area contributed by atoms with E-state index in [1.165, 1.54) is 12.1 Å². The Bertz CT molecular complexity index is 1430. The lowest BCUT2D eigenvalue weighted by atomic mass is 10.0. The number of morpholine rings is 1. The van der Waals surface area contributed by atoms with E-state index in [0.717, 1.165) is 18.9 Å². The number of carbonyl (C=O) groups excluding carboxylic acids is 1. The van der Waals surface area contributed by atoms with Gasteiger partial charge in [-0.2, -0.15) is 0 Å². The first kappa shape index (κ1) is 24.8. The van der Waals surface area contributed by atoms with Crippen LogP contribution >= 0.6 is 0 Å². The van der Waals surface area contributed by atoms with Gasteiger partial charge in [0.1, 0.15) is 17.2 Å². The molecule has 200 valence electrons. The molecule has 1 N–H and O–H groups in total. The molecule has 2 saturated heterocycles. The third-order valence-corrected chi connectivity index (χ3v) is 7.50. The molecule has 3 aliphatic rings. The van der Waals surface area contributed by atoms with Crippen LogP contribution in [-0.2, 0) is 22.4 Å². The molecule has 0 radical (unpaired) electrons. The van der Waals surface area contributed by atoms with Crippen LogP contribution in [0.25, 0.3) is 11.0 Å². The van der Waals surface area contributed by atoms with E-state index in [1.54, 1.807) is 12.1 Å². The van der Waals surface area contributed by atoms with Crippen molar-refractivity contribution in [3.8, 4) is 0 Å². The number of nitrogens with one attached hydrogen (secondary N) is 1. The van der Waals surface area contributed by atoms with Crippen LogP contribution in [-0.4, -0.2) is 58.0 Å². The summed E-state index contributed by atoms with van der Waals surface area (Å²) in [5, 5.41) is 3.34. The molecule has 1 amide bonds. The zero-order chi connectivity index (χ0) is 26.2. The van der Waals surface area contributed by atoms with Gasteiger partial charge >= 0.3 is 0 Å². The molecule has 0 aliphatic carbocycles. The average Bonchev–Trinajstić information content (AvgIpc) is 3.32. The van der Waals surface area contributed by atoms with Crippen LogP contribution in [0, 0.1) is 11.6 Å². The number of rotatable bonds is 5. The molecule has 8 nitrogen and oxygen atoms in total. The van der Waals surface area contributed by atoms with Crippen LogP contribution in [0.4, 0.5) is 20.4 Å².